The highest BCUT2D eigenvalue weighted by atomic mass is 32.2. The van der Waals surface area contributed by atoms with E-state index in [0.717, 1.165) is 0 Å². The van der Waals surface area contributed by atoms with Gasteiger partial charge in [0.2, 0.25) is 0 Å². The van der Waals surface area contributed by atoms with E-state index < -0.39 is 22.2 Å². The second-order valence-corrected chi connectivity index (χ2v) is 6.10. The highest BCUT2D eigenvalue weighted by Crippen LogP contribution is 2.45. The number of rotatable bonds is 7. The fourth-order valence-electron chi connectivity index (χ4n) is 2.16. The van der Waals surface area contributed by atoms with Crippen LogP contribution >= 0.6 is 11.8 Å². The van der Waals surface area contributed by atoms with E-state index in [-0.39, 0.29) is 17.8 Å². The van der Waals surface area contributed by atoms with E-state index in [1.807, 2.05) is 0 Å². The maximum atomic E-state index is 12.3. The number of carboxylic acid groups (broad SMARTS) is 1. The van der Waals surface area contributed by atoms with Crippen molar-refractivity contribution in [2.24, 2.45) is 5.41 Å². The third-order valence-corrected chi connectivity index (χ3v) is 4.60. The van der Waals surface area contributed by atoms with Gasteiger partial charge in [-0.2, -0.15) is 0 Å². The molecule has 1 aromatic rings. The average Bonchev–Trinajstić information content (AvgIpc) is 3.32. The summed E-state index contributed by atoms with van der Waals surface area (Å²) in [4.78, 5) is 34.5. The lowest BCUT2D eigenvalue weighted by Crippen LogP contribution is -2.34. The molecule has 0 saturated heterocycles. The normalized spacial score (nSPS) is 14.9. The summed E-state index contributed by atoms with van der Waals surface area (Å²) in [6, 6.07) is 2.59. The smallest absolute Gasteiger partial charge is 0.311 e. The molecular formula is C14H16N2O6S. The molecule has 1 aliphatic rings. The fraction of sp³-hybridized carbons (Fsp3) is 0.429. The summed E-state index contributed by atoms with van der Waals surface area (Å²) in [6.07, 6.45) is 2.74. The van der Waals surface area contributed by atoms with Crippen LogP contribution in [0, 0.1) is 15.5 Å². The molecule has 23 heavy (non-hydrogen) atoms. The van der Waals surface area contributed by atoms with Gasteiger partial charge < -0.3 is 15.2 Å². The minimum atomic E-state index is -0.966. The number of aliphatic carboxylic acids is 1. The minimum Gasteiger partial charge on any atom is -0.495 e. The van der Waals surface area contributed by atoms with Gasteiger partial charge in [-0.3, -0.25) is 19.7 Å². The molecular weight excluding hydrogens is 324 g/mol. The summed E-state index contributed by atoms with van der Waals surface area (Å²) in [7, 11) is 1.39. The molecule has 0 spiro atoms. The molecule has 0 bridgehead atoms. The van der Waals surface area contributed by atoms with E-state index in [1.54, 1.807) is 6.26 Å². The molecule has 124 valence electrons. The van der Waals surface area contributed by atoms with E-state index >= 15 is 0 Å². The van der Waals surface area contributed by atoms with Crippen molar-refractivity contribution in [2.45, 2.75) is 17.7 Å². The largest absolute Gasteiger partial charge is 0.495 e. The van der Waals surface area contributed by atoms with Crippen molar-refractivity contribution in [3.8, 4) is 5.75 Å². The average molecular weight is 340 g/mol. The van der Waals surface area contributed by atoms with E-state index in [2.05, 4.69) is 5.32 Å². The summed E-state index contributed by atoms with van der Waals surface area (Å²) >= 11 is 1.29. The molecule has 0 radical (unpaired) electrons. The fourth-order valence-corrected chi connectivity index (χ4v) is 2.74. The van der Waals surface area contributed by atoms with Crippen molar-refractivity contribution < 1.29 is 24.4 Å². The second kappa shape index (κ2) is 6.45. The zero-order valence-electron chi connectivity index (χ0n) is 12.6. The third-order valence-electron chi connectivity index (χ3n) is 3.84. The molecule has 0 aromatic heterocycles. The number of nitro benzene ring substituents is 1. The molecule has 0 unspecified atom stereocenters. The van der Waals surface area contributed by atoms with E-state index in [1.165, 1.54) is 31.0 Å². The van der Waals surface area contributed by atoms with Crippen LogP contribution in [0.3, 0.4) is 0 Å². The Bertz CT molecular complexity index is 671. The van der Waals surface area contributed by atoms with Gasteiger partial charge in [-0.1, -0.05) is 0 Å². The molecule has 0 aliphatic heterocycles. The van der Waals surface area contributed by atoms with Crippen LogP contribution in [0.4, 0.5) is 5.69 Å². The zero-order chi connectivity index (χ0) is 17.2. The van der Waals surface area contributed by atoms with Gasteiger partial charge >= 0.3 is 5.97 Å². The standard InChI is InChI=1S/C14H16N2O6S/c1-22-10-6-9(16(20)21)8(5-11(10)23-2)12(17)15-7-14(3-4-14)13(18)19/h5-6H,3-4,7H2,1-2H3,(H,15,17)(H,18,19). The molecule has 1 amide bonds. The number of hydrogen-bond acceptors (Lipinski definition) is 6. The van der Waals surface area contributed by atoms with E-state index in [0.29, 0.717) is 23.5 Å². The first-order chi connectivity index (χ1) is 10.8. The first kappa shape index (κ1) is 17.1. The lowest BCUT2D eigenvalue weighted by molar-refractivity contribution is -0.385. The second-order valence-electron chi connectivity index (χ2n) is 5.25. The maximum Gasteiger partial charge on any atom is 0.311 e. The number of carbonyl (C=O) groups is 2. The van der Waals surface area contributed by atoms with Crippen molar-refractivity contribution in [3.05, 3.63) is 27.8 Å². The van der Waals surface area contributed by atoms with Gasteiger partial charge in [-0.05, 0) is 25.2 Å². The molecule has 1 saturated carbocycles. The van der Waals surface area contributed by atoms with Crippen LogP contribution in [-0.2, 0) is 4.79 Å². The molecule has 0 heterocycles. The number of carbonyl (C=O) groups excluding carboxylic acids is 1. The van der Waals surface area contributed by atoms with Crippen LogP contribution in [0.2, 0.25) is 0 Å². The zero-order valence-corrected chi connectivity index (χ0v) is 13.4. The Balaban J connectivity index is 2.28. The number of hydrogen-bond donors (Lipinski definition) is 2. The number of nitrogens with zero attached hydrogens (tertiary/aromatic N) is 1. The molecule has 1 aromatic carbocycles. The number of nitro groups is 1. The highest BCUT2D eigenvalue weighted by Gasteiger charge is 2.50. The molecule has 9 heteroatoms. The van der Waals surface area contributed by atoms with Crippen LogP contribution in [0.25, 0.3) is 0 Å². The van der Waals surface area contributed by atoms with Gasteiger partial charge in [-0.15, -0.1) is 11.8 Å². The van der Waals surface area contributed by atoms with Crippen molar-refractivity contribution >= 4 is 29.3 Å². The van der Waals surface area contributed by atoms with Gasteiger partial charge in [-0.25, -0.2) is 0 Å². The number of thioether (sulfide) groups is 1. The van der Waals surface area contributed by atoms with Gasteiger partial charge in [0.15, 0.2) is 0 Å². The number of benzene rings is 1. The van der Waals surface area contributed by atoms with Crippen LogP contribution in [-0.4, -0.2) is 41.8 Å². The van der Waals surface area contributed by atoms with Crippen LogP contribution in [0.15, 0.2) is 17.0 Å². The molecule has 2 rings (SSSR count). The lowest BCUT2D eigenvalue weighted by Gasteiger charge is -2.13. The van der Waals surface area contributed by atoms with Crippen molar-refractivity contribution in [2.75, 3.05) is 19.9 Å². The third kappa shape index (κ3) is 3.39. The molecule has 8 nitrogen and oxygen atoms in total. The molecule has 0 atom stereocenters. The number of amides is 1. The number of ether oxygens (including phenoxy) is 1. The van der Waals surface area contributed by atoms with Gasteiger partial charge in [0.05, 0.1) is 28.4 Å². The quantitative estimate of drug-likeness (QED) is 0.442. The Morgan fingerprint density at radius 1 is 1.48 bits per heavy atom. The van der Waals surface area contributed by atoms with Gasteiger partial charge in [0.1, 0.15) is 11.3 Å². The van der Waals surface area contributed by atoms with Crippen molar-refractivity contribution in [1.82, 2.24) is 5.32 Å². The number of nitrogens with one attached hydrogen (secondary N) is 1. The van der Waals surface area contributed by atoms with Crippen molar-refractivity contribution in [1.29, 1.82) is 0 Å². The number of carboxylic acids is 1. The van der Waals surface area contributed by atoms with E-state index in [4.69, 9.17) is 9.84 Å². The summed E-state index contributed by atoms with van der Waals surface area (Å²) in [6.45, 7) is -0.0427. The molecule has 1 fully saturated rings. The molecule has 2 N–H and O–H groups in total. The van der Waals surface area contributed by atoms with Crippen molar-refractivity contribution in [3.63, 3.8) is 0 Å². The maximum absolute atomic E-state index is 12.3. The van der Waals surface area contributed by atoms with Crippen LogP contribution in [0.5, 0.6) is 5.75 Å². The SMILES string of the molecule is COc1cc([N+](=O)[O-])c(C(=O)NCC2(C(=O)O)CC2)cc1SC. The van der Waals surface area contributed by atoms with Crippen LogP contribution in [0.1, 0.15) is 23.2 Å². The topological polar surface area (TPSA) is 119 Å². The first-order valence-electron chi connectivity index (χ1n) is 6.76. The van der Waals surface area contributed by atoms with E-state index in [9.17, 15) is 19.7 Å². The predicted molar refractivity (Wildman–Crippen MR) is 83.1 cm³/mol. The predicted octanol–water partition coefficient (Wildman–Crippen LogP) is 1.92. The Labute approximate surface area is 136 Å². The van der Waals surface area contributed by atoms with Gasteiger partial charge in [0, 0.05) is 6.54 Å². The first-order valence-corrected chi connectivity index (χ1v) is 7.99. The summed E-state index contributed by atoms with van der Waals surface area (Å²) < 4.78 is 5.08. The van der Waals surface area contributed by atoms with Crippen LogP contribution < -0.4 is 10.1 Å². The Hall–Kier alpha value is -2.29. The summed E-state index contributed by atoms with van der Waals surface area (Å²) in [5, 5.41) is 22.8. The minimum absolute atomic E-state index is 0.0427. The highest BCUT2D eigenvalue weighted by molar-refractivity contribution is 7.98. The lowest BCUT2D eigenvalue weighted by atomic mass is 10.1. The van der Waals surface area contributed by atoms with Gasteiger partial charge in [0.25, 0.3) is 11.6 Å². The Kier molecular flexibility index (Phi) is 4.79. The molecule has 1 aliphatic carbocycles. The summed E-state index contributed by atoms with van der Waals surface area (Å²) in [5.41, 5.74) is -1.42. The Morgan fingerprint density at radius 3 is 2.57 bits per heavy atom. The number of methoxy groups -OCH3 is 1. The Morgan fingerprint density at radius 2 is 2.13 bits per heavy atom. The monoisotopic (exact) mass is 340 g/mol. The summed E-state index contributed by atoms with van der Waals surface area (Å²) in [5.74, 6) is -1.32.